The Labute approximate surface area is 170 Å². The molecule has 0 spiro atoms. The normalized spacial score (nSPS) is 17.6. The number of carbonyl (C=O) groups is 1. The van der Waals surface area contributed by atoms with Crippen molar-refractivity contribution >= 4 is 52.3 Å². The Morgan fingerprint density at radius 2 is 2.00 bits per heavy atom. The molecule has 9 heteroatoms. The summed E-state index contributed by atoms with van der Waals surface area (Å²) in [6.07, 6.45) is 2.67. The van der Waals surface area contributed by atoms with Crippen LogP contribution in [-0.2, 0) is 6.54 Å². The highest BCUT2D eigenvalue weighted by Gasteiger charge is 2.51. The van der Waals surface area contributed by atoms with E-state index in [1.165, 1.54) is 0 Å². The zero-order valence-electron chi connectivity index (χ0n) is 14.2. The highest BCUT2D eigenvalue weighted by atomic mass is 35.5. The Morgan fingerprint density at radius 1 is 1.22 bits per heavy atom. The van der Waals surface area contributed by atoms with Gasteiger partial charge in [-0.15, -0.1) is 45.2 Å². The second-order valence-electron chi connectivity index (χ2n) is 6.32. The lowest BCUT2D eigenvalue weighted by atomic mass is 10.3. The third kappa shape index (κ3) is 4.31. The van der Waals surface area contributed by atoms with E-state index in [1.807, 2.05) is 53.1 Å². The van der Waals surface area contributed by atoms with Gasteiger partial charge in [-0.1, -0.05) is 18.2 Å². The van der Waals surface area contributed by atoms with Crippen molar-refractivity contribution in [2.75, 3.05) is 11.1 Å². The lowest BCUT2D eigenvalue weighted by Gasteiger charge is -2.11. The SMILES string of the molecule is O=C(NCc1nnc2ccccn12)Nc1ccccc1SCC1CC1(Cl)Cl. The third-order valence-corrected chi connectivity index (χ3v) is 6.48. The number of aromatic nitrogens is 3. The zero-order chi connectivity index (χ0) is 18.9. The molecule has 27 heavy (non-hydrogen) atoms. The van der Waals surface area contributed by atoms with E-state index in [0.29, 0.717) is 5.82 Å². The van der Waals surface area contributed by atoms with Gasteiger partial charge in [0.05, 0.1) is 12.2 Å². The Balaban J connectivity index is 1.35. The molecule has 3 aromatic rings. The minimum atomic E-state index is -0.590. The van der Waals surface area contributed by atoms with Crippen LogP contribution in [-0.4, -0.2) is 30.7 Å². The number of halogens is 2. The van der Waals surface area contributed by atoms with Crippen LogP contribution >= 0.6 is 35.0 Å². The second kappa shape index (κ2) is 7.58. The van der Waals surface area contributed by atoms with Crippen LogP contribution in [0.5, 0.6) is 0 Å². The molecule has 0 bridgehead atoms. The van der Waals surface area contributed by atoms with Crippen LogP contribution in [0.2, 0.25) is 0 Å². The molecule has 140 valence electrons. The Hall–Kier alpha value is -1.96. The van der Waals surface area contributed by atoms with Crippen LogP contribution in [0.3, 0.4) is 0 Å². The maximum atomic E-state index is 12.3. The Morgan fingerprint density at radius 3 is 2.81 bits per heavy atom. The summed E-state index contributed by atoms with van der Waals surface area (Å²) in [4.78, 5) is 13.3. The molecule has 1 aliphatic rings. The number of pyridine rings is 1. The van der Waals surface area contributed by atoms with E-state index in [9.17, 15) is 4.79 Å². The Kier molecular flexibility index (Phi) is 5.16. The molecule has 0 saturated heterocycles. The first-order chi connectivity index (χ1) is 13.0. The van der Waals surface area contributed by atoms with Gasteiger partial charge in [0.25, 0.3) is 0 Å². The predicted octanol–water partition coefficient (Wildman–Crippen LogP) is 4.34. The van der Waals surface area contributed by atoms with Gasteiger partial charge >= 0.3 is 6.03 Å². The van der Waals surface area contributed by atoms with E-state index in [4.69, 9.17) is 23.2 Å². The molecule has 0 radical (unpaired) electrons. The number of hydrogen-bond donors (Lipinski definition) is 2. The van der Waals surface area contributed by atoms with E-state index >= 15 is 0 Å². The van der Waals surface area contributed by atoms with Gasteiger partial charge in [-0.25, -0.2) is 4.79 Å². The second-order valence-corrected chi connectivity index (χ2v) is 8.93. The number of urea groups is 1. The molecular weight excluding hydrogens is 405 g/mol. The fraction of sp³-hybridized carbons (Fsp3) is 0.278. The summed E-state index contributed by atoms with van der Waals surface area (Å²) >= 11 is 13.8. The molecule has 1 fully saturated rings. The first-order valence-electron chi connectivity index (χ1n) is 8.46. The van der Waals surface area contributed by atoms with Crippen molar-refractivity contribution in [1.29, 1.82) is 0 Å². The van der Waals surface area contributed by atoms with E-state index < -0.39 is 4.33 Å². The van der Waals surface area contributed by atoms with Crippen LogP contribution in [0.4, 0.5) is 10.5 Å². The monoisotopic (exact) mass is 421 g/mol. The summed E-state index contributed by atoms with van der Waals surface area (Å²) in [6.45, 7) is 0.273. The molecule has 2 amide bonds. The van der Waals surface area contributed by atoms with E-state index in [2.05, 4.69) is 20.8 Å². The number of alkyl halides is 2. The smallest absolute Gasteiger partial charge is 0.319 e. The standard InChI is InChI=1S/C18H17Cl2N5OS/c19-18(20)9-12(18)11-27-14-6-2-1-5-13(14)22-17(26)21-10-16-24-23-15-7-3-4-8-25(15)16/h1-8,12H,9-11H2,(H2,21,22,26). The number of thioether (sulfide) groups is 1. The number of carbonyl (C=O) groups excluding carboxylic acids is 1. The highest BCUT2D eigenvalue weighted by molar-refractivity contribution is 7.99. The summed E-state index contributed by atoms with van der Waals surface area (Å²) in [5, 5.41) is 13.9. The van der Waals surface area contributed by atoms with E-state index in [-0.39, 0.29) is 18.5 Å². The maximum absolute atomic E-state index is 12.3. The van der Waals surface area contributed by atoms with Gasteiger partial charge in [0.15, 0.2) is 11.5 Å². The van der Waals surface area contributed by atoms with Gasteiger partial charge in [-0.3, -0.25) is 4.40 Å². The highest BCUT2D eigenvalue weighted by Crippen LogP contribution is 2.55. The van der Waals surface area contributed by atoms with Crippen molar-refractivity contribution in [2.45, 2.75) is 22.2 Å². The van der Waals surface area contributed by atoms with Gasteiger partial charge < -0.3 is 10.6 Å². The number of fused-ring (bicyclic) bond motifs is 1. The van der Waals surface area contributed by atoms with Crippen LogP contribution in [0.25, 0.3) is 5.65 Å². The van der Waals surface area contributed by atoms with Crippen LogP contribution in [0, 0.1) is 5.92 Å². The molecule has 0 aliphatic heterocycles. The summed E-state index contributed by atoms with van der Waals surface area (Å²) in [5.74, 6) is 1.77. The molecule has 1 aromatic carbocycles. The molecule has 6 nitrogen and oxygen atoms in total. The quantitative estimate of drug-likeness (QED) is 0.458. The van der Waals surface area contributed by atoms with Crippen LogP contribution in [0.1, 0.15) is 12.2 Å². The first kappa shape index (κ1) is 18.4. The summed E-state index contributed by atoms with van der Waals surface area (Å²) in [6, 6.07) is 13.0. The van der Waals surface area contributed by atoms with Crippen molar-refractivity contribution in [3.63, 3.8) is 0 Å². The predicted molar refractivity (Wildman–Crippen MR) is 109 cm³/mol. The number of nitrogens with zero attached hydrogens (tertiary/aromatic N) is 3. The minimum absolute atomic E-state index is 0.273. The van der Waals surface area contributed by atoms with Crippen molar-refractivity contribution in [1.82, 2.24) is 19.9 Å². The fourth-order valence-electron chi connectivity index (χ4n) is 2.67. The number of anilines is 1. The molecule has 2 N–H and O–H groups in total. The fourth-order valence-corrected chi connectivity index (χ4v) is 4.62. The largest absolute Gasteiger partial charge is 0.331 e. The summed E-state index contributed by atoms with van der Waals surface area (Å²) < 4.78 is 1.25. The molecule has 1 atom stereocenters. The average Bonchev–Trinajstić information content (AvgIpc) is 3.09. The van der Waals surface area contributed by atoms with Gasteiger partial charge in [0.2, 0.25) is 0 Å². The molecule has 2 aromatic heterocycles. The topological polar surface area (TPSA) is 71.3 Å². The number of para-hydroxylation sites is 1. The minimum Gasteiger partial charge on any atom is -0.331 e. The lowest BCUT2D eigenvalue weighted by molar-refractivity contribution is 0.251. The van der Waals surface area contributed by atoms with Gasteiger partial charge in [0.1, 0.15) is 4.33 Å². The molecular formula is C18H17Cl2N5OS. The van der Waals surface area contributed by atoms with E-state index in [0.717, 1.165) is 28.4 Å². The molecule has 2 heterocycles. The number of amides is 2. The van der Waals surface area contributed by atoms with Crippen molar-refractivity contribution in [3.05, 3.63) is 54.5 Å². The third-order valence-electron chi connectivity index (χ3n) is 4.32. The number of rotatable bonds is 6. The van der Waals surface area contributed by atoms with Crippen molar-refractivity contribution in [2.24, 2.45) is 5.92 Å². The van der Waals surface area contributed by atoms with Gasteiger partial charge in [-0.05, 0) is 30.7 Å². The first-order valence-corrected chi connectivity index (χ1v) is 10.2. The van der Waals surface area contributed by atoms with Gasteiger partial charge in [0, 0.05) is 22.8 Å². The van der Waals surface area contributed by atoms with Gasteiger partial charge in [-0.2, -0.15) is 0 Å². The molecule has 1 unspecified atom stereocenters. The van der Waals surface area contributed by atoms with Crippen molar-refractivity contribution in [3.8, 4) is 0 Å². The summed E-state index contributed by atoms with van der Waals surface area (Å²) in [7, 11) is 0. The Bertz CT molecular complexity index is 977. The average molecular weight is 422 g/mol. The van der Waals surface area contributed by atoms with Crippen LogP contribution < -0.4 is 10.6 Å². The van der Waals surface area contributed by atoms with Crippen LogP contribution in [0.15, 0.2) is 53.6 Å². The van der Waals surface area contributed by atoms with E-state index in [1.54, 1.807) is 11.8 Å². The summed E-state index contributed by atoms with van der Waals surface area (Å²) in [5.41, 5.74) is 1.49. The maximum Gasteiger partial charge on any atom is 0.319 e. The van der Waals surface area contributed by atoms with Crippen molar-refractivity contribution < 1.29 is 4.79 Å². The molecule has 1 saturated carbocycles. The molecule has 1 aliphatic carbocycles. The molecule has 4 rings (SSSR count). The number of hydrogen-bond acceptors (Lipinski definition) is 4. The number of benzene rings is 1. The zero-order valence-corrected chi connectivity index (χ0v) is 16.6. The number of nitrogens with one attached hydrogen (secondary N) is 2. The lowest BCUT2D eigenvalue weighted by Crippen LogP contribution is -2.29.